The van der Waals surface area contributed by atoms with Gasteiger partial charge in [-0.2, -0.15) is 0 Å². The molecule has 2 unspecified atom stereocenters. The Labute approximate surface area is 183 Å². The van der Waals surface area contributed by atoms with Gasteiger partial charge in [-0.1, -0.05) is 91.0 Å². The minimum absolute atomic E-state index is 0.252. The number of ether oxygens (including phenoxy) is 3. The number of aliphatic hydroxyl groups excluding tert-OH is 2. The third kappa shape index (κ3) is 7.58. The van der Waals surface area contributed by atoms with E-state index in [2.05, 4.69) is 0 Å². The molecule has 0 fully saturated rings. The van der Waals surface area contributed by atoms with Gasteiger partial charge in [0.15, 0.2) is 0 Å². The van der Waals surface area contributed by atoms with Crippen LogP contribution in [0.15, 0.2) is 91.0 Å². The lowest BCUT2D eigenvalue weighted by Crippen LogP contribution is -2.46. The molecule has 0 heterocycles. The molecule has 0 aromatic heterocycles. The Kier molecular flexibility index (Phi) is 9.70. The Morgan fingerprint density at radius 2 is 0.806 bits per heavy atom. The maximum absolute atomic E-state index is 10.1. The fraction of sp³-hybridized carbons (Fsp3) is 0.308. The van der Waals surface area contributed by atoms with Gasteiger partial charge in [-0.3, -0.25) is 0 Å². The molecule has 0 amide bonds. The molecule has 0 spiro atoms. The van der Waals surface area contributed by atoms with Gasteiger partial charge < -0.3 is 24.4 Å². The summed E-state index contributed by atoms with van der Waals surface area (Å²) in [5.74, 6) is 0. The lowest BCUT2D eigenvalue weighted by molar-refractivity contribution is -0.170. The normalized spacial score (nSPS) is 14.1. The smallest absolute Gasteiger partial charge is 0.115 e. The minimum Gasteiger partial charge on any atom is -0.394 e. The highest BCUT2D eigenvalue weighted by atomic mass is 16.6. The summed E-state index contributed by atoms with van der Waals surface area (Å²) in [6.07, 6.45) is -1.96. The Morgan fingerprint density at radius 1 is 0.484 bits per heavy atom. The van der Waals surface area contributed by atoms with Crippen molar-refractivity contribution < 1.29 is 24.4 Å². The van der Waals surface area contributed by atoms with E-state index in [1.54, 1.807) is 0 Å². The molecule has 3 aromatic carbocycles. The highest BCUT2D eigenvalue weighted by Gasteiger charge is 2.32. The van der Waals surface area contributed by atoms with E-state index in [9.17, 15) is 10.2 Å². The van der Waals surface area contributed by atoms with E-state index in [1.807, 2.05) is 91.0 Å². The molecule has 0 aliphatic rings. The molecule has 0 radical (unpaired) electrons. The van der Waals surface area contributed by atoms with Gasteiger partial charge in [0.05, 0.1) is 33.0 Å². The first-order chi connectivity index (χ1) is 15.3. The number of rotatable bonds is 13. The van der Waals surface area contributed by atoms with E-state index in [0.29, 0.717) is 19.8 Å². The van der Waals surface area contributed by atoms with Crippen LogP contribution in [-0.2, 0) is 34.0 Å². The molecule has 0 aliphatic carbocycles. The topological polar surface area (TPSA) is 68.2 Å². The molecule has 5 nitrogen and oxygen atoms in total. The minimum atomic E-state index is -0.656. The zero-order chi connectivity index (χ0) is 21.7. The molecule has 2 atom stereocenters. The molecule has 3 rings (SSSR count). The van der Waals surface area contributed by atoms with Gasteiger partial charge in [0.25, 0.3) is 0 Å². The molecule has 164 valence electrons. The van der Waals surface area contributed by atoms with Crippen molar-refractivity contribution >= 4 is 0 Å². The second-order valence-electron chi connectivity index (χ2n) is 7.30. The summed E-state index contributed by atoms with van der Waals surface area (Å²) >= 11 is 0. The van der Waals surface area contributed by atoms with E-state index in [0.717, 1.165) is 16.7 Å². The lowest BCUT2D eigenvalue weighted by Gasteiger charge is -2.32. The molecule has 0 aliphatic heterocycles. The number of hydrogen-bond donors (Lipinski definition) is 2. The van der Waals surface area contributed by atoms with E-state index < -0.39 is 18.3 Å². The van der Waals surface area contributed by atoms with Gasteiger partial charge in [-0.05, 0) is 16.7 Å². The van der Waals surface area contributed by atoms with Gasteiger partial charge >= 0.3 is 0 Å². The van der Waals surface area contributed by atoms with Gasteiger partial charge in [0.1, 0.15) is 18.3 Å². The van der Waals surface area contributed by atoms with Crippen LogP contribution in [0.3, 0.4) is 0 Å². The third-order valence-corrected chi connectivity index (χ3v) is 4.99. The van der Waals surface area contributed by atoms with Crippen LogP contribution in [0.2, 0.25) is 0 Å². The number of aliphatic hydroxyl groups is 2. The first kappa shape index (κ1) is 23.1. The van der Waals surface area contributed by atoms with E-state index >= 15 is 0 Å². The average molecular weight is 423 g/mol. The predicted octanol–water partition coefficient (Wildman–Crippen LogP) is 3.73. The SMILES string of the molecule is OCC(OCc1ccccc1)C(OCc1ccccc1)C(CO)OCc1ccccc1. The number of hydrogen-bond acceptors (Lipinski definition) is 5. The van der Waals surface area contributed by atoms with Crippen molar-refractivity contribution in [3.8, 4) is 0 Å². The Bertz CT molecular complexity index is 790. The Balaban J connectivity index is 1.70. The van der Waals surface area contributed by atoms with Gasteiger partial charge in [-0.15, -0.1) is 0 Å². The van der Waals surface area contributed by atoms with Crippen LogP contribution in [0.4, 0.5) is 0 Å². The van der Waals surface area contributed by atoms with Crippen molar-refractivity contribution in [3.63, 3.8) is 0 Å². The van der Waals surface area contributed by atoms with Crippen LogP contribution in [0, 0.1) is 0 Å². The largest absolute Gasteiger partial charge is 0.394 e. The lowest BCUT2D eigenvalue weighted by atomic mass is 10.1. The highest BCUT2D eigenvalue weighted by molar-refractivity contribution is 5.15. The molecule has 5 heteroatoms. The van der Waals surface area contributed by atoms with E-state index in [-0.39, 0.29) is 13.2 Å². The average Bonchev–Trinajstić information content (AvgIpc) is 2.84. The van der Waals surface area contributed by atoms with Crippen LogP contribution in [0.1, 0.15) is 16.7 Å². The van der Waals surface area contributed by atoms with Crippen molar-refractivity contribution in [1.29, 1.82) is 0 Å². The molecular formula is C26H30O5. The summed E-state index contributed by atoms with van der Waals surface area (Å²) in [6, 6.07) is 29.3. The first-order valence-corrected chi connectivity index (χ1v) is 10.5. The van der Waals surface area contributed by atoms with Crippen LogP contribution in [-0.4, -0.2) is 41.7 Å². The zero-order valence-electron chi connectivity index (χ0n) is 17.5. The Hall–Kier alpha value is -2.54. The monoisotopic (exact) mass is 422 g/mol. The third-order valence-electron chi connectivity index (χ3n) is 4.99. The van der Waals surface area contributed by atoms with Crippen molar-refractivity contribution in [2.45, 2.75) is 38.1 Å². The van der Waals surface area contributed by atoms with Crippen molar-refractivity contribution in [2.24, 2.45) is 0 Å². The first-order valence-electron chi connectivity index (χ1n) is 10.5. The van der Waals surface area contributed by atoms with Crippen molar-refractivity contribution in [1.82, 2.24) is 0 Å². The van der Waals surface area contributed by atoms with Gasteiger partial charge in [0.2, 0.25) is 0 Å². The summed E-state index contributed by atoms with van der Waals surface area (Å²) in [4.78, 5) is 0. The number of benzene rings is 3. The molecule has 0 saturated heterocycles. The van der Waals surface area contributed by atoms with Crippen LogP contribution in [0.5, 0.6) is 0 Å². The molecule has 0 saturated carbocycles. The van der Waals surface area contributed by atoms with Crippen LogP contribution >= 0.6 is 0 Å². The summed E-state index contributed by atoms with van der Waals surface area (Å²) in [7, 11) is 0. The quantitative estimate of drug-likeness (QED) is 0.439. The second-order valence-corrected chi connectivity index (χ2v) is 7.30. The summed E-state index contributed by atoms with van der Waals surface area (Å²) in [6.45, 7) is 0.471. The maximum atomic E-state index is 10.1. The zero-order valence-corrected chi connectivity index (χ0v) is 17.5. The van der Waals surface area contributed by atoms with Gasteiger partial charge in [0, 0.05) is 0 Å². The van der Waals surface area contributed by atoms with Gasteiger partial charge in [-0.25, -0.2) is 0 Å². The molecule has 0 bridgehead atoms. The molecule has 3 aromatic rings. The molecule has 2 N–H and O–H groups in total. The highest BCUT2D eigenvalue weighted by Crippen LogP contribution is 2.18. The molecule has 31 heavy (non-hydrogen) atoms. The van der Waals surface area contributed by atoms with Crippen molar-refractivity contribution in [2.75, 3.05) is 13.2 Å². The summed E-state index contributed by atoms with van der Waals surface area (Å²) in [5, 5.41) is 20.1. The second kappa shape index (κ2) is 13.0. The van der Waals surface area contributed by atoms with Crippen molar-refractivity contribution in [3.05, 3.63) is 108 Å². The van der Waals surface area contributed by atoms with E-state index in [4.69, 9.17) is 14.2 Å². The Morgan fingerprint density at radius 3 is 1.13 bits per heavy atom. The fourth-order valence-electron chi connectivity index (χ4n) is 3.28. The predicted molar refractivity (Wildman–Crippen MR) is 119 cm³/mol. The summed E-state index contributed by atoms with van der Waals surface area (Å²) in [5.41, 5.74) is 2.98. The fourth-order valence-corrected chi connectivity index (χ4v) is 3.28. The summed E-state index contributed by atoms with van der Waals surface area (Å²) < 4.78 is 18.1. The maximum Gasteiger partial charge on any atom is 0.115 e. The van der Waals surface area contributed by atoms with E-state index in [1.165, 1.54) is 0 Å². The molecular weight excluding hydrogens is 392 g/mol. The van der Waals surface area contributed by atoms with Crippen LogP contribution < -0.4 is 0 Å². The van der Waals surface area contributed by atoms with Crippen LogP contribution in [0.25, 0.3) is 0 Å². The standard InChI is InChI=1S/C26H30O5/c27-16-24(29-18-21-10-4-1-5-11-21)26(31-20-23-14-8-3-9-15-23)25(17-28)30-19-22-12-6-2-7-13-22/h1-15,24-28H,16-20H2.